The summed E-state index contributed by atoms with van der Waals surface area (Å²) in [5.41, 5.74) is 6.23. The third kappa shape index (κ3) is 2.35. The van der Waals surface area contributed by atoms with Crippen LogP contribution >= 0.6 is 0 Å². The van der Waals surface area contributed by atoms with Crippen molar-refractivity contribution in [2.45, 2.75) is 37.6 Å². The average molecular weight is 212 g/mol. The highest BCUT2D eigenvalue weighted by Crippen LogP contribution is 2.36. The van der Waals surface area contributed by atoms with Crippen molar-refractivity contribution in [1.82, 2.24) is 4.90 Å². The van der Waals surface area contributed by atoms with Crippen molar-refractivity contribution in [3.05, 3.63) is 0 Å². The van der Waals surface area contributed by atoms with E-state index in [4.69, 9.17) is 10.5 Å². The van der Waals surface area contributed by atoms with Gasteiger partial charge in [-0.15, -0.1) is 0 Å². The largest absolute Gasteiger partial charge is 0.381 e. The standard InChI is InChI=1S/C12H24N2O/c1-14(12(10-13)5-3-6-12)8-11-4-2-7-15-9-11/h11H,2-10,13H2,1H3. The Bertz CT molecular complexity index is 192. The molecule has 1 atom stereocenters. The van der Waals surface area contributed by atoms with E-state index in [0.29, 0.717) is 5.54 Å². The topological polar surface area (TPSA) is 38.5 Å². The van der Waals surface area contributed by atoms with Crippen LogP contribution in [-0.2, 0) is 4.74 Å². The van der Waals surface area contributed by atoms with E-state index in [1.54, 1.807) is 0 Å². The number of likely N-dealkylation sites (N-methyl/N-ethyl adjacent to an activating group) is 1. The highest BCUT2D eigenvalue weighted by Gasteiger charge is 2.39. The Kier molecular flexibility index (Phi) is 3.65. The van der Waals surface area contributed by atoms with E-state index in [9.17, 15) is 0 Å². The smallest absolute Gasteiger partial charge is 0.0506 e. The van der Waals surface area contributed by atoms with Gasteiger partial charge in [0.1, 0.15) is 0 Å². The maximum absolute atomic E-state index is 5.90. The first-order chi connectivity index (χ1) is 7.27. The fourth-order valence-electron chi connectivity index (χ4n) is 2.86. The Morgan fingerprint density at radius 3 is 2.67 bits per heavy atom. The number of hydrogen-bond donors (Lipinski definition) is 1. The van der Waals surface area contributed by atoms with Crippen LogP contribution in [0.1, 0.15) is 32.1 Å². The molecule has 15 heavy (non-hydrogen) atoms. The molecule has 1 heterocycles. The molecular formula is C12H24N2O. The molecule has 0 aromatic rings. The van der Waals surface area contributed by atoms with Gasteiger partial charge in [-0.05, 0) is 45.1 Å². The van der Waals surface area contributed by atoms with Gasteiger partial charge in [0.25, 0.3) is 0 Å². The molecule has 0 radical (unpaired) electrons. The van der Waals surface area contributed by atoms with Gasteiger partial charge in [-0.2, -0.15) is 0 Å². The van der Waals surface area contributed by atoms with Crippen LogP contribution in [0.15, 0.2) is 0 Å². The zero-order chi connectivity index (χ0) is 10.7. The van der Waals surface area contributed by atoms with Crippen LogP contribution in [0.5, 0.6) is 0 Å². The van der Waals surface area contributed by atoms with Crippen molar-refractivity contribution in [1.29, 1.82) is 0 Å². The second-order valence-electron chi connectivity index (χ2n) is 5.25. The number of ether oxygens (including phenoxy) is 1. The Balaban J connectivity index is 1.82. The van der Waals surface area contributed by atoms with E-state index in [1.165, 1.54) is 32.1 Å². The lowest BCUT2D eigenvalue weighted by Crippen LogP contribution is -2.58. The summed E-state index contributed by atoms with van der Waals surface area (Å²) in [6, 6.07) is 0. The molecule has 2 fully saturated rings. The van der Waals surface area contributed by atoms with Crippen LogP contribution in [0.4, 0.5) is 0 Å². The lowest BCUT2D eigenvalue weighted by molar-refractivity contribution is -0.00489. The van der Waals surface area contributed by atoms with E-state index in [2.05, 4.69) is 11.9 Å². The summed E-state index contributed by atoms with van der Waals surface area (Å²) >= 11 is 0. The van der Waals surface area contributed by atoms with Crippen LogP contribution in [0, 0.1) is 5.92 Å². The van der Waals surface area contributed by atoms with Crippen molar-refractivity contribution in [2.75, 3.05) is 33.4 Å². The van der Waals surface area contributed by atoms with E-state index < -0.39 is 0 Å². The number of nitrogens with two attached hydrogens (primary N) is 1. The fraction of sp³-hybridized carbons (Fsp3) is 1.00. The highest BCUT2D eigenvalue weighted by molar-refractivity contribution is 4.98. The molecule has 1 saturated heterocycles. The molecule has 2 N–H and O–H groups in total. The van der Waals surface area contributed by atoms with Gasteiger partial charge in [0, 0.05) is 25.2 Å². The molecule has 1 aliphatic heterocycles. The maximum Gasteiger partial charge on any atom is 0.0506 e. The van der Waals surface area contributed by atoms with Gasteiger partial charge in [-0.25, -0.2) is 0 Å². The molecule has 2 aliphatic rings. The minimum atomic E-state index is 0.331. The predicted molar refractivity (Wildman–Crippen MR) is 61.8 cm³/mol. The molecule has 0 amide bonds. The summed E-state index contributed by atoms with van der Waals surface area (Å²) < 4.78 is 5.52. The first-order valence-electron chi connectivity index (χ1n) is 6.26. The monoisotopic (exact) mass is 212 g/mol. The van der Waals surface area contributed by atoms with Crippen molar-refractivity contribution < 1.29 is 4.74 Å². The summed E-state index contributed by atoms with van der Waals surface area (Å²) in [6.45, 7) is 3.89. The normalized spacial score (nSPS) is 30.2. The summed E-state index contributed by atoms with van der Waals surface area (Å²) in [7, 11) is 2.24. The minimum Gasteiger partial charge on any atom is -0.381 e. The molecule has 1 saturated carbocycles. The fourth-order valence-corrected chi connectivity index (χ4v) is 2.86. The van der Waals surface area contributed by atoms with E-state index >= 15 is 0 Å². The average Bonchev–Trinajstić information content (AvgIpc) is 2.18. The Hall–Kier alpha value is -0.120. The molecule has 0 spiro atoms. The summed E-state index contributed by atoms with van der Waals surface area (Å²) in [6.07, 6.45) is 6.48. The predicted octanol–water partition coefficient (Wildman–Crippen LogP) is 1.23. The lowest BCUT2D eigenvalue weighted by atomic mass is 9.75. The van der Waals surface area contributed by atoms with E-state index in [-0.39, 0.29) is 0 Å². The quantitative estimate of drug-likeness (QED) is 0.761. The van der Waals surface area contributed by atoms with Crippen molar-refractivity contribution in [3.8, 4) is 0 Å². The van der Waals surface area contributed by atoms with Crippen LogP contribution in [0.25, 0.3) is 0 Å². The third-order valence-electron chi connectivity index (χ3n) is 4.26. The first kappa shape index (κ1) is 11.4. The van der Waals surface area contributed by atoms with Crippen LogP contribution in [0.2, 0.25) is 0 Å². The second-order valence-corrected chi connectivity index (χ2v) is 5.25. The summed E-state index contributed by atoms with van der Waals surface area (Å²) in [5.74, 6) is 0.729. The third-order valence-corrected chi connectivity index (χ3v) is 4.26. The maximum atomic E-state index is 5.90. The van der Waals surface area contributed by atoms with Crippen molar-refractivity contribution in [3.63, 3.8) is 0 Å². The van der Waals surface area contributed by atoms with Crippen molar-refractivity contribution >= 4 is 0 Å². The summed E-state index contributed by atoms with van der Waals surface area (Å²) in [4.78, 5) is 2.50. The molecule has 0 bridgehead atoms. The minimum absolute atomic E-state index is 0.331. The molecule has 88 valence electrons. The number of nitrogens with zero attached hydrogens (tertiary/aromatic N) is 1. The summed E-state index contributed by atoms with van der Waals surface area (Å²) in [5, 5.41) is 0. The van der Waals surface area contributed by atoms with Crippen LogP contribution in [0.3, 0.4) is 0 Å². The van der Waals surface area contributed by atoms with Gasteiger partial charge < -0.3 is 10.5 Å². The highest BCUT2D eigenvalue weighted by atomic mass is 16.5. The zero-order valence-corrected chi connectivity index (χ0v) is 9.87. The molecule has 0 aromatic heterocycles. The van der Waals surface area contributed by atoms with Gasteiger partial charge >= 0.3 is 0 Å². The van der Waals surface area contributed by atoms with Gasteiger partial charge in [-0.1, -0.05) is 0 Å². The molecule has 0 aromatic carbocycles. The molecule has 3 nitrogen and oxygen atoms in total. The molecular weight excluding hydrogens is 188 g/mol. The van der Waals surface area contributed by atoms with Gasteiger partial charge in [0.2, 0.25) is 0 Å². The second kappa shape index (κ2) is 4.81. The van der Waals surface area contributed by atoms with Gasteiger partial charge in [0.05, 0.1) is 6.61 Å². The van der Waals surface area contributed by atoms with Gasteiger partial charge in [-0.3, -0.25) is 4.90 Å². The van der Waals surface area contributed by atoms with Gasteiger partial charge in [0.15, 0.2) is 0 Å². The zero-order valence-electron chi connectivity index (χ0n) is 9.87. The van der Waals surface area contributed by atoms with Crippen molar-refractivity contribution in [2.24, 2.45) is 11.7 Å². The van der Waals surface area contributed by atoms with E-state index in [0.717, 1.165) is 32.2 Å². The van der Waals surface area contributed by atoms with Crippen LogP contribution < -0.4 is 5.73 Å². The number of rotatable bonds is 4. The SMILES string of the molecule is CN(CC1CCCOC1)C1(CN)CCC1. The Morgan fingerprint density at radius 2 is 2.20 bits per heavy atom. The Labute approximate surface area is 93.0 Å². The number of hydrogen-bond acceptors (Lipinski definition) is 3. The molecule has 1 aliphatic carbocycles. The lowest BCUT2D eigenvalue weighted by Gasteiger charge is -2.49. The Morgan fingerprint density at radius 1 is 1.40 bits per heavy atom. The molecule has 1 unspecified atom stereocenters. The van der Waals surface area contributed by atoms with E-state index in [1.807, 2.05) is 0 Å². The molecule has 3 heteroatoms. The van der Waals surface area contributed by atoms with Crippen LogP contribution in [-0.4, -0.2) is 43.8 Å². The first-order valence-corrected chi connectivity index (χ1v) is 6.26. The molecule has 2 rings (SSSR count).